The van der Waals surface area contributed by atoms with E-state index in [1.54, 1.807) is 6.92 Å². The maximum atomic E-state index is 11.4. The average molecular weight is 212 g/mol. The van der Waals surface area contributed by atoms with Crippen molar-refractivity contribution in [1.82, 2.24) is 0 Å². The van der Waals surface area contributed by atoms with Gasteiger partial charge in [0.15, 0.2) is 0 Å². The molecule has 1 fully saturated rings. The summed E-state index contributed by atoms with van der Waals surface area (Å²) in [4.78, 5) is 22.8. The van der Waals surface area contributed by atoms with Gasteiger partial charge in [0, 0.05) is 11.8 Å². The predicted octanol–water partition coefficient (Wildman–Crippen LogP) is 1.79. The number of carbonyl (C=O) groups is 2. The molecule has 0 aromatic carbocycles. The van der Waals surface area contributed by atoms with Crippen molar-refractivity contribution in [2.45, 2.75) is 39.9 Å². The molecule has 4 heteroatoms. The molecule has 0 saturated carbocycles. The third kappa shape index (κ3) is 1.76. The highest BCUT2D eigenvalue weighted by molar-refractivity contribution is 6.14. The second-order valence-electron chi connectivity index (χ2n) is 4.61. The summed E-state index contributed by atoms with van der Waals surface area (Å²) in [7, 11) is 0. The van der Waals surface area contributed by atoms with Crippen LogP contribution < -0.4 is 0 Å². The van der Waals surface area contributed by atoms with E-state index in [4.69, 9.17) is 9.47 Å². The van der Waals surface area contributed by atoms with Gasteiger partial charge >= 0.3 is 11.9 Å². The lowest BCUT2D eigenvalue weighted by Gasteiger charge is -2.44. The lowest BCUT2D eigenvalue weighted by atomic mass is 9.83. The monoisotopic (exact) mass is 212 g/mol. The second-order valence-corrected chi connectivity index (χ2v) is 4.61. The van der Waals surface area contributed by atoms with Crippen molar-refractivity contribution in [1.29, 1.82) is 0 Å². The molecule has 0 N–H and O–H groups in total. The van der Waals surface area contributed by atoms with Crippen LogP contribution in [0.2, 0.25) is 0 Å². The van der Waals surface area contributed by atoms with Crippen molar-refractivity contribution in [3.05, 3.63) is 12.2 Å². The van der Waals surface area contributed by atoms with Crippen molar-refractivity contribution in [2.75, 3.05) is 0 Å². The van der Waals surface area contributed by atoms with Crippen LogP contribution in [0.4, 0.5) is 0 Å². The molecule has 0 unspecified atom stereocenters. The molecule has 84 valence electrons. The minimum absolute atomic E-state index is 0.247. The minimum Gasteiger partial charge on any atom is -0.418 e. The van der Waals surface area contributed by atoms with Gasteiger partial charge in [-0.05, 0) is 0 Å². The van der Waals surface area contributed by atoms with Gasteiger partial charge in [0.25, 0.3) is 5.79 Å². The normalized spacial score (nSPS) is 20.9. The van der Waals surface area contributed by atoms with Crippen LogP contribution in [0.15, 0.2) is 12.2 Å². The molecule has 1 aliphatic rings. The first-order valence-electron chi connectivity index (χ1n) is 4.89. The molecule has 0 bridgehead atoms. The van der Waals surface area contributed by atoms with Gasteiger partial charge in [-0.3, -0.25) is 0 Å². The summed E-state index contributed by atoms with van der Waals surface area (Å²) in [5, 5.41) is 0. The highest BCUT2D eigenvalue weighted by Gasteiger charge is 2.52. The third-order valence-electron chi connectivity index (χ3n) is 2.62. The van der Waals surface area contributed by atoms with Gasteiger partial charge in [0.1, 0.15) is 5.57 Å². The molecule has 15 heavy (non-hydrogen) atoms. The SMILES string of the molecule is C=C1C(=O)OC(CC)(C(C)(C)C)OC1=O. The van der Waals surface area contributed by atoms with Gasteiger partial charge in [0.05, 0.1) is 0 Å². The van der Waals surface area contributed by atoms with Crippen LogP contribution in [-0.4, -0.2) is 17.7 Å². The molecule has 0 aliphatic carbocycles. The lowest BCUT2D eigenvalue weighted by molar-refractivity contribution is -0.271. The van der Waals surface area contributed by atoms with E-state index < -0.39 is 23.1 Å². The van der Waals surface area contributed by atoms with E-state index in [1.165, 1.54) is 0 Å². The number of hydrogen-bond donors (Lipinski definition) is 0. The lowest BCUT2D eigenvalue weighted by Crippen LogP contribution is -2.54. The Hall–Kier alpha value is -1.32. The first kappa shape index (κ1) is 11.8. The molecule has 0 aromatic heterocycles. The van der Waals surface area contributed by atoms with Crippen molar-refractivity contribution >= 4 is 11.9 Å². The molecule has 0 amide bonds. The summed E-state index contributed by atoms with van der Waals surface area (Å²) in [6.07, 6.45) is 0.418. The molecule has 1 saturated heterocycles. The molecule has 0 aromatic rings. The zero-order valence-corrected chi connectivity index (χ0v) is 9.55. The fourth-order valence-electron chi connectivity index (χ4n) is 1.51. The largest absolute Gasteiger partial charge is 0.418 e. The van der Waals surface area contributed by atoms with Crippen LogP contribution in [0.3, 0.4) is 0 Å². The van der Waals surface area contributed by atoms with E-state index in [2.05, 4.69) is 6.58 Å². The Kier molecular flexibility index (Phi) is 2.63. The first-order valence-corrected chi connectivity index (χ1v) is 4.89. The van der Waals surface area contributed by atoms with Crippen LogP contribution in [-0.2, 0) is 19.1 Å². The Balaban J connectivity index is 3.10. The van der Waals surface area contributed by atoms with Crippen molar-refractivity contribution in [3.8, 4) is 0 Å². The van der Waals surface area contributed by atoms with Crippen molar-refractivity contribution in [3.63, 3.8) is 0 Å². The summed E-state index contributed by atoms with van der Waals surface area (Å²) in [5.74, 6) is -2.56. The number of esters is 2. The Morgan fingerprint density at radius 2 is 1.60 bits per heavy atom. The Morgan fingerprint density at radius 3 is 1.87 bits per heavy atom. The zero-order valence-electron chi connectivity index (χ0n) is 9.55. The van der Waals surface area contributed by atoms with Gasteiger partial charge in [-0.1, -0.05) is 34.3 Å². The van der Waals surface area contributed by atoms with Gasteiger partial charge in [0.2, 0.25) is 0 Å². The third-order valence-corrected chi connectivity index (χ3v) is 2.62. The van der Waals surface area contributed by atoms with E-state index in [1.807, 2.05) is 20.8 Å². The summed E-state index contributed by atoms with van der Waals surface area (Å²) < 4.78 is 10.4. The quantitative estimate of drug-likeness (QED) is 0.378. The Labute approximate surface area is 89.2 Å². The maximum absolute atomic E-state index is 11.4. The topological polar surface area (TPSA) is 52.6 Å². The number of hydrogen-bond acceptors (Lipinski definition) is 4. The predicted molar refractivity (Wildman–Crippen MR) is 53.8 cm³/mol. The van der Waals surface area contributed by atoms with Crippen LogP contribution in [0.1, 0.15) is 34.1 Å². The first-order chi connectivity index (χ1) is 6.73. The van der Waals surface area contributed by atoms with Gasteiger partial charge in [-0.2, -0.15) is 0 Å². The van der Waals surface area contributed by atoms with E-state index in [0.717, 1.165) is 0 Å². The smallest absolute Gasteiger partial charge is 0.348 e. The van der Waals surface area contributed by atoms with Crippen LogP contribution in [0.25, 0.3) is 0 Å². The average Bonchev–Trinajstić information content (AvgIpc) is 2.11. The van der Waals surface area contributed by atoms with Crippen LogP contribution >= 0.6 is 0 Å². The van der Waals surface area contributed by atoms with E-state index >= 15 is 0 Å². The maximum Gasteiger partial charge on any atom is 0.348 e. The molecule has 1 rings (SSSR count). The molecule has 0 atom stereocenters. The molecule has 1 heterocycles. The number of carbonyl (C=O) groups excluding carboxylic acids is 2. The molecular weight excluding hydrogens is 196 g/mol. The van der Waals surface area contributed by atoms with Crippen molar-refractivity contribution in [2.24, 2.45) is 5.41 Å². The highest BCUT2D eigenvalue weighted by Crippen LogP contribution is 2.41. The summed E-state index contributed by atoms with van der Waals surface area (Å²) in [6, 6.07) is 0. The van der Waals surface area contributed by atoms with Gasteiger partial charge in [-0.15, -0.1) is 0 Å². The standard InChI is InChI=1S/C11H16O4/c1-6-11(10(3,4)5)14-8(12)7(2)9(13)15-11/h2,6H2,1,3-5H3. The van der Waals surface area contributed by atoms with E-state index in [-0.39, 0.29) is 5.57 Å². The molecule has 1 aliphatic heterocycles. The molecule has 0 radical (unpaired) electrons. The number of rotatable bonds is 1. The van der Waals surface area contributed by atoms with Gasteiger partial charge in [-0.25, -0.2) is 9.59 Å². The number of cyclic esters (lactones) is 2. The highest BCUT2D eigenvalue weighted by atomic mass is 16.7. The molecule has 4 nitrogen and oxygen atoms in total. The van der Waals surface area contributed by atoms with Crippen LogP contribution in [0, 0.1) is 5.41 Å². The Bertz CT molecular complexity index is 302. The summed E-state index contributed by atoms with van der Waals surface area (Å²) in [5.41, 5.74) is -0.711. The van der Waals surface area contributed by atoms with E-state index in [9.17, 15) is 9.59 Å². The minimum atomic E-state index is -1.18. The number of ether oxygens (including phenoxy) is 2. The van der Waals surface area contributed by atoms with E-state index in [0.29, 0.717) is 6.42 Å². The second kappa shape index (κ2) is 3.36. The fraction of sp³-hybridized carbons (Fsp3) is 0.636. The molecule has 0 spiro atoms. The van der Waals surface area contributed by atoms with Crippen LogP contribution in [0.5, 0.6) is 0 Å². The summed E-state index contributed by atoms with van der Waals surface area (Å²) in [6.45, 7) is 10.7. The molecular formula is C11H16O4. The Morgan fingerprint density at radius 1 is 1.20 bits per heavy atom. The zero-order chi connectivity index (χ0) is 11.9. The van der Waals surface area contributed by atoms with Crippen molar-refractivity contribution < 1.29 is 19.1 Å². The fourth-order valence-corrected chi connectivity index (χ4v) is 1.51. The van der Waals surface area contributed by atoms with Gasteiger partial charge < -0.3 is 9.47 Å². The summed E-state index contributed by atoms with van der Waals surface area (Å²) >= 11 is 0.